The molecule has 4 rings (SSSR count). The first kappa shape index (κ1) is 17.0. The molecule has 0 radical (unpaired) electrons. The van der Waals surface area contributed by atoms with Gasteiger partial charge in [-0.15, -0.1) is 0 Å². The summed E-state index contributed by atoms with van der Waals surface area (Å²) in [6.45, 7) is 1.86. The second kappa shape index (κ2) is 6.08. The number of ether oxygens (including phenoxy) is 1. The Labute approximate surface area is 149 Å². The Bertz CT molecular complexity index is 1160. The molecule has 138 valence electrons. The van der Waals surface area contributed by atoms with Gasteiger partial charge in [-0.25, -0.2) is 14.8 Å². The van der Waals surface area contributed by atoms with E-state index in [2.05, 4.69) is 20.1 Å². The number of hydrogen-bond acceptors (Lipinski definition) is 5. The number of rotatable bonds is 3. The molecule has 0 atom stereocenters. The number of aromatic amines is 2. The van der Waals surface area contributed by atoms with Gasteiger partial charge in [-0.05, 0) is 19.1 Å². The smallest absolute Gasteiger partial charge is 0.433 e. The van der Waals surface area contributed by atoms with Crippen molar-refractivity contribution in [1.29, 1.82) is 0 Å². The quantitative estimate of drug-likeness (QED) is 0.532. The average molecular weight is 375 g/mol. The van der Waals surface area contributed by atoms with Gasteiger partial charge in [0.1, 0.15) is 17.7 Å². The van der Waals surface area contributed by atoms with Gasteiger partial charge in [0, 0.05) is 17.1 Å². The van der Waals surface area contributed by atoms with Crippen molar-refractivity contribution in [2.24, 2.45) is 0 Å². The Hall–Kier alpha value is -3.43. The van der Waals surface area contributed by atoms with E-state index >= 15 is 0 Å². The van der Waals surface area contributed by atoms with Crippen LogP contribution in [0.2, 0.25) is 0 Å². The maximum Gasteiger partial charge on any atom is 0.433 e. The fraction of sp³-hybridized carbons (Fsp3) is 0.176. The molecule has 0 fully saturated rings. The number of alkyl halides is 3. The predicted octanol–water partition coefficient (Wildman–Crippen LogP) is 3.70. The van der Waals surface area contributed by atoms with Gasteiger partial charge in [0.05, 0.1) is 28.8 Å². The van der Waals surface area contributed by atoms with E-state index in [1.807, 2.05) is 5.10 Å². The van der Waals surface area contributed by atoms with Gasteiger partial charge in [-0.1, -0.05) is 6.07 Å². The summed E-state index contributed by atoms with van der Waals surface area (Å²) in [7, 11) is 0. The molecule has 0 aliphatic rings. The summed E-state index contributed by atoms with van der Waals surface area (Å²) in [5, 5.41) is 6.01. The summed E-state index contributed by atoms with van der Waals surface area (Å²) in [4.78, 5) is 23.3. The van der Waals surface area contributed by atoms with Gasteiger partial charge < -0.3 is 9.72 Å². The third-order valence-electron chi connectivity index (χ3n) is 4.08. The van der Waals surface area contributed by atoms with Crippen molar-refractivity contribution in [3.63, 3.8) is 0 Å². The number of carbonyl (C=O) groups is 1. The maximum atomic E-state index is 13.2. The lowest BCUT2D eigenvalue weighted by molar-refractivity contribution is -0.139. The van der Waals surface area contributed by atoms with Crippen LogP contribution in [0.15, 0.2) is 30.7 Å². The van der Waals surface area contributed by atoms with E-state index in [9.17, 15) is 18.0 Å². The van der Waals surface area contributed by atoms with Gasteiger partial charge in [0.25, 0.3) is 0 Å². The molecule has 0 unspecified atom stereocenters. The van der Waals surface area contributed by atoms with E-state index in [1.165, 1.54) is 24.7 Å². The lowest BCUT2D eigenvalue weighted by Crippen LogP contribution is -2.06. The van der Waals surface area contributed by atoms with Crippen molar-refractivity contribution in [3.8, 4) is 11.3 Å². The topological polar surface area (TPSA) is 96.6 Å². The molecule has 0 amide bonds. The van der Waals surface area contributed by atoms with Crippen LogP contribution in [0.1, 0.15) is 23.0 Å². The number of carbonyl (C=O) groups excluding carboxylic acids is 1. The summed E-state index contributed by atoms with van der Waals surface area (Å²) in [6.07, 6.45) is -1.86. The molecule has 0 aliphatic heterocycles. The number of aromatic nitrogens is 5. The first-order valence-electron chi connectivity index (χ1n) is 7.95. The van der Waals surface area contributed by atoms with E-state index in [0.717, 1.165) is 0 Å². The van der Waals surface area contributed by atoms with Gasteiger partial charge in [-0.2, -0.15) is 18.3 Å². The van der Waals surface area contributed by atoms with E-state index in [0.29, 0.717) is 22.3 Å². The van der Waals surface area contributed by atoms with Crippen molar-refractivity contribution < 1.29 is 22.7 Å². The number of halogens is 3. The van der Waals surface area contributed by atoms with Crippen LogP contribution in [0, 0.1) is 0 Å². The fourth-order valence-electron chi connectivity index (χ4n) is 2.93. The third kappa shape index (κ3) is 2.78. The summed E-state index contributed by atoms with van der Waals surface area (Å²) in [5.74, 6) is -0.569. The van der Waals surface area contributed by atoms with Gasteiger partial charge in [-0.3, -0.25) is 5.10 Å². The number of fused-ring (bicyclic) bond motifs is 2. The van der Waals surface area contributed by atoms with Crippen LogP contribution < -0.4 is 0 Å². The largest absolute Gasteiger partial charge is 0.462 e. The van der Waals surface area contributed by atoms with E-state index in [1.54, 1.807) is 13.0 Å². The minimum Gasteiger partial charge on any atom is -0.462 e. The lowest BCUT2D eigenvalue weighted by Gasteiger charge is -2.07. The molecule has 27 heavy (non-hydrogen) atoms. The first-order valence-corrected chi connectivity index (χ1v) is 7.95. The van der Waals surface area contributed by atoms with Crippen molar-refractivity contribution in [2.75, 3.05) is 6.61 Å². The van der Waals surface area contributed by atoms with Crippen LogP contribution >= 0.6 is 0 Å². The monoisotopic (exact) mass is 375 g/mol. The third-order valence-corrected chi connectivity index (χ3v) is 4.08. The van der Waals surface area contributed by atoms with Crippen molar-refractivity contribution in [2.45, 2.75) is 13.1 Å². The van der Waals surface area contributed by atoms with Crippen molar-refractivity contribution in [1.82, 2.24) is 25.1 Å². The predicted molar refractivity (Wildman–Crippen MR) is 89.9 cm³/mol. The Morgan fingerprint density at radius 1 is 1.26 bits per heavy atom. The zero-order valence-electron chi connectivity index (χ0n) is 13.9. The zero-order valence-corrected chi connectivity index (χ0v) is 13.9. The van der Waals surface area contributed by atoms with Gasteiger partial charge in [0.2, 0.25) is 0 Å². The average Bonchev–Trinajstić information content (AvgIpc) is 3.25. The second-order valence-corrected chi connectivity index (χ2v) is 5.70. The minimum atomic E-state index is -4.57. The highest BCUT2D eigenvalue weighted by Gasteiger charge is 2.35. The van der Waals surface area contributed by atoms with E-state index < -0.39 is 17.8 Å². The molecule has 4 aromatic rings. The van der Waals surface area contributed by atoms with Crippen LogP contribution in [0.3, 0.4) is 0 Å². The molecule has 10 heteroatoms. The number of H-pyrrole nitrogens is 2. The molecule has 2 N–H and O–H groups in total. The van der Waals surface area contributed by atoms with Crippen LogP contribution in [0.4, 0.5) is 13.2 Å². The number of esters is 1. The molecule has 3 heterocycles. The molecule has 0 saturated heterocycles. The van der Waals surface area contributed by atoms with Gasteiger partial charge in [0.15, 0.2) is 0 Å². The van der Waals surface area contributed by atoms with Crippen LogP contribution in [-0.4, -0.2) is 37.7 Å². The minimum absolute atomic E-state index is 0.0833. The summed E-state index contributed by atoms with van der Waals surface area (Å²) >= 11 is 0. The highest BCUT2D eigenvalue weighted by atomic mass is 19.4. The zero-order chi connectivity index (χ0) is 19.2. The standard InChI is InChI=1S/C17H12F3N5O2/c1-2-27-16(26)10-6-21-15-12(10)13(22-7-23-15)8-3-4-11-9(5-8)14(25-24-11)17(18,19)20/h3-7H,2H2,1H3,(H,24,25)(H,21,22,23). The van der Waals surface area contributed by atoms with Crippen LogP contribution in [0.5, 0.6) is 0 Å². The highest BCUT2D eigenvalue weighted by molar-refractivity contribution is 6.08. The molecule has 0 aliphatic carbocycles. The highest BCUT2D eigenvalue weighted by Crippen LogP contribution is 2.36. The first-order chi connectivity index (χ1) is 12.9. The molecule has 0 spiro atoms. The van der Waals surface area contributed by atoms with Crippen LogP contribution in [0.25, 0.3) is 33.2 Å². The molecule has 0 bridgehead atoms. The van der Waals surface area contributed by atoms with Crippen molar-refractivity contribution in [3.05, 3.63) is 42.0 Å². The van der Waals surface area contributed by atoms with Crippen LogP contribution in [-0.2, 0) is 10.9 Å². The Morgan fingerprint density at radius 2 is 2.07 bits per heavy atom. The normalized spacial score (nSPS) is 12.0. The number of nitrogens with one attached hydrogen (secondary N) is 2. The Morgan fingerprint density at radius 3 is 2.81 bits per heavy atom. The van der Waals surface area contributed by atoms with E-state index in [-0.39, 0.29) is 23.1 Å². The second-order valence-electron chi connectivity index (χ2n) is 5.70. The number of hydrogen-bond donors (Lipinski definition) is 2. The summed E-state index contributed by atoms with van der Waals surface area (Å²) in [5.41, 5.74) is 0.546. The lowest BCUT2D eigenvalue weighted by atomic mass is 10.0. The SMILES string of the molecule is CCOC(=O)c1c[nH]c2ncnc(-c3ccc4n[nH]c(C(F)(F)F)c4c3)c12. The number of benzene rings is 1. The molecule has 3 aromatic heterocycles. The molecule has 7 nitrogen and oxygen atoms in total. The van der Waals surface area contributed by atoms with E-state index in [4.69, 9.17) is 4.74 Å². The molecule has 1 aromatic carbocycles. The summed E-state index contributed by atoms with van der Waals surface area (Å²) in [6, 6.07) is 4.39. The Balaban J connectivity index is 1.94. The Kier molecular flexibility index (Phi) is 3.83. The van der Waals surface area contributed by atoms with Crippen molar-refractivity contribution >= 4 is 27.9 Å². The summed E-state index contributed by atoms with van der Waals surface area (Å²) < 4.78 is 44.6. The number of nitrogens with zero attached hydrogens (tertiary/aromatic N) is 3. The van der Waals surface area contributed by atoms with Gasteiger partial charge >= 0.3 is 12.1 Å². The maximum absolute atomic E-state index is 13.2. The fourth-order valence-corrected chi connectivity index (χ4v) is 2.93. The molecular weight excluding hydrogens is 363 g/mol. The molecule has 0 saturated carbocycles. The molecular formula is C17H12F3N5O2.